The third-order valence-electron chi connectivity index (χ3n) is 4.26. The highest BCUT2D eigenvalue weighted by atomic mass is 32.2. The molecule has 0 aliphatic carbocycles. The molecule has 0 amide bonds. The lowest BCUT2D eigenvalue weighted by Crippen LogP contribution is -2.47. The summed E-state index contributed by atoms with van der Waals surface area (Å²) in [6.07, 6.45) is 5.79. The van der Waals surface area contributed by atoms with E-state index in [4.69, 9.17) is 0 Å². The molecule has 20 heavy (non-hydrogen) atoms. The Hall–Kier alpha value is -1.00. The van der Waals surface area contributed by atoms with Gasteiger partial charge in [0.05, 0.1) is 12.0 Å². The van der Waals surface area contributed by atoms with Gasteiger partial charge in [-0.15, -0.1) is 11.8 Å². The Bertz CT molecular complexity index is 454. The van der Waals surface area contributed by atoms with Crippen molar-refractivity contribution < 1.29 is 9.90 Å². The van der Waals surface area contributed by atoms with Crippen LogP contribution in [0.25, 0.3) is 0 Å². The number of rotatable bonds is 5. The summed E-state index contributed by atoms with van der Waals surface area (Å²) < 4.78 is 0. The maximum Gasteiger partial charge on any atom is 0.305 e. The minimum Gasteiger partial charge on any atom is -0.481 e. The van der Waals surface area contributed by atoms with Crippen LogP contribution in [-0.4, -0.2) is 35.3 Å². The molecule has 1 heterocycles. The van der Waals surface area contributed by atoms with Crippen molar-refractivity contribution in [1.29, 1.82) is 0 Å². The van der Waals surface area contributed by atoms with E-state index in [-0.39, 0.29) is 6.42 Å². The van der Waals surface area contributed by atoms with Crippen molar-refractivity contribution in [2.24, 2.45) is 0 Å². The molecule has 1 unspecified atom stereocenters. The standard InChI is InChI=1S/C16H23NO2S/c1-16(12-15(18)19,17-10-4-3-5-11-17)13-6-8-14(20-2)9-7-13/h6-9H,3-5,10-12H2,1-2H3,(H,18,19). The molecule has 1 aromatic rings. The van der Waals surface area contributed by atoms with Crippen molar-refractivity contribution in [2.75, 3.05) is 19.3 Å². The third-order valence-corrected chi connectivity index (χ3v) is 5.00. The molecule has 110 valence electrons. The second-order valence-corrected chi connectivity index (χ2v) is 6.50. The number of carbonyl (C=O) groups is 1. The van der Waals surface area contributed by atoms with Gasteiger partial charge in [0.25, 0.3) is 0 Å². The molecule has 1 aliphatic rings. The van der Waals surface area contributed by atoms with Crippen LogP contribution in [0.15, 0.2) is 29.2 Å². The summed E-state index contributed by atoms with van der Waals surface area (Å²) in [5, 5.41) is 9.31. The van der Waals surface area contributed by atoms with Crippen LogP contribution in [0.3, 0.4) is 0 Å². The predicted octanol–water partition coefficient (Wildman–Crippen LogP) is 3.58. The lowest BCUT2D eigenvalue weighted by atomic mass is 9.85. The fourth-order valence-electron chi connectivity index (χ4n) is 3.03. The zero-order valence-electron chi connectivity index (χ0n) is 12.3. The van der Waals surface area contributed by atoms with Crippen LogP contribution in [0.4, 0.5) is 0 Å². The Labute approximate surface area is 125 Å². The molecule has 1 atom stereocenters. The van der Waals surface area contributed by atoms with Gasteiger partial charge < -0.3 is 5.11 Å². The Kier molecular flexibility index (Phi) is 5.11. The fraction of sp³-hybridized carbons (Fsp3) is 0.562. The molecule has 0 radical (unpaired) electrons. The van der Waals surface area contributed by atoms with E-state index in [0.29, 0.717) is 0 Å². The molecule has 4 heteroatoms. The van der Waals surface area contributed by atoms with E-state index in [0.717, 1.165) is 31.5 Å². The molecule has 1 aromatic carbocycles. The van der Waals surface area contributed by atoms with Crippen molar-refractivity contribution in [3.63, 3.8) is 0 Å². The molecule has 2 rings (SSSR count). The van der Waals surface area contributed by atoms with Crippen LogP contribution in [0.1, 0.15) is 38.2 Å². The highest BCUT2D eigenvalue weighted by Crippen LogP contribution is 2.35. The smallest absolute Gasteiger partial charge is 0.305 e. The number of hydrogen-bond donors (Lipinski definition) is 1. The van der Waals surface area contributed by atoms with Crippen LogP contribution in [0.5, 0.6) is 0 Å². The maximum absolute atomic E-state index is 11.3. The van der Waals surface area contributed by atoms with Crippen molar-refractivity contribution >= 4 is 17.7 Å². The Morgan fingerprint density at radius 1 is 1.25 bits per heavy atom. The number of carboxylic acids is 1. The minimum absolute atomic E-state index is 0.158. The topological polar surface area (TPSA) is 40.5 Å². The van der Waals surface area contributed by atoms with E-state index in [2.05, 4.69) is 42.3 Å². The van der Waals surface area contributed by atoms with Crippen LogP contribution >= 0.6 is 11.8 Å². The summed E-state index contributed by atoms with van der Waals surface area (Å²) in [5.74, 6) is -0.730. The van der Waals surface area contributed by atoms with Crippen LogP contribution in [0.2, 0.25) is 0 Å². The highest BCUT2D eigenvalue weighted by molar-refractivity contribution is 7.98. The zero-order valence-corrected chi connectivity index (χ0v) is 13.1. The first-order chi connectivity index (χ1) is 9.56. The Morgan fingerprint density at radius 3 is 2.35 bits per heavy atom. The van der Waals surface area contributed by atoms with Gasteiger partial charge in [-0.05, 0) is 56.8 Å². The van der Waals surface area contributed by atoms with E-state index >= 15 is 0 Å². The number of hydrogen-bond acceptors (Lipinski definition) is 3. The van der Waals surface area contributed by atoms with Crippen molar-refractivity contribution in [1.82, 2.24) is 4.90 Å². The van der Waals surface area contributed by atoms with Gasteiger partial charge in [0.2, 0.25) is 0 Å². The number of benzene rings is 1. The van der Waals surface area contributed by atoms with Gasteiger partial charge in [-0.2, -0.15) is 0 Å². The van der Waals surface area contributed by atoms with E-state index < -0.39 is 11.5 Å². The average molecular weight is 293 g/mol. The van der Waals surface area contributed by atoms with Crippen LogP contribution in [0, 0.1) is 0 Å². The van der Waals surface area contributed by atoms with E-state index in [1.165, 1.54) is 11.3 Å². The van der Waals surface area contributed by atoms with Gasteiger partial charge in [-0.1, -0.05) is 18.6 Å². The zero-order chi connectivity index (χ0) is 14.6. The van der Waals surface area contributed by atoms with E-state index in [9.17, 15) is 9.90 Å². The molecular weight excluding hydrogens is 270 g/mol. The van der Waals surface area contributed by atoms with E-state index in [1.807, 2.05) is 0 Å². The molecule has 0 aromatic heterocycles. The summed E-state index contributed by atoms with van der Waals surface area (Å²) in [7, 11) is 0. The first-order valence-electron chi connectivity index (χ1n) is 7.17. The molecule has 0 bridgehead atoms. The van der Waals surface area contributed by atoms with Gasteiger partial charge >= 0.3 is 5.97 Å². The van der Waals surface area contributed by atoms with Crippen LogP contribution < -0.4 is 0 Å². The SMILES string of the molecule is CSc1ccc(C(C)(CC(=O)O)N2CCCCC2)cc1. The van der Waals surface area contributed by atoms with Crippen LogP contribution in [-0.2, 0) is 10.3 Å². The van der Waals surface area contributed by atoms with Crippen molar-refractivity contribution in [3.8, 4) is 0 Å². The molecule has 0 spiro atoms. The van der Waals surface area contributed by atoms with Crippen molar-refractivity contribution in [3.05, 3.63) is 29.8 Å². The van der Waals surface area contributed by atoms with Gasteiger partial charge in [-0.3, -0.25) is 9.69 Å². The van der Waals surface area contributed by atoms with E-state index in [1.54, 1.807) is 11.8 Å². The number of likely N-dealkylation sites (tertiary alicyclic amines) is 1. The summed E-state index contributed by atoms with van der Waals surface area (Å²) in [4.78, 5) is 14.9. The second kappa shape index (κ2) is 6.64. The minimum atomic E-state index is -0.730. The number of aliphatic carboxylic acids is 1. The summed E-state index contributed by atoms with van der Waals surface area (Å²) >= 11 is 1.71. The summed E-state index contributed by atoms with van der Waals surface area (Å²) in [6, 6.07) is 8.35. The maximum atomic E-state index is 11.3. The Morgan fingerprint density at radius 2 is 1.85 bits per heavy atom. The Balaban J connectivity index is 2.30. The molecule has 1 saturated heterocycles. The predicted molar refractivity (Wildman–Crippen MR) is 83.3 cm³/mol. The third kappa shape index (κ3) is 3.36. The van der Waals surface area contributed by atoms with Gasteiger partial charge in [0.15, 0.2) is 0 Å². The first kappa shape index (κ1) is 15.4. The number of nitrogens with zero attached hydrogens (tertiary/aromatic N) is 1. The summed E-state index contributed by atoms with van der Waals surface area (Å²) in [5.41, 5.74) is 0.711. The molecule has 1 fully saturated rings. The molecule has 0 saturated carbocycles. The van der Waals surface area contributed by atoms with Gasteiger partial charge in [0.1, 0.15) is 0 Å². The quantitative estimate of drug-likeness (QED) is 0.842. The molecule has 3 nitrogen and oxygen atoms in total. The molecular formula is C16H23NO2S. The number of carboxylic acid groups (broad SMARTS) is 1. The molecule has 1 aliphatic heterocycles. The summed E-state index contributed by atoms with van der Waals surface area (Å²) in [6.45, 7) is 4.06. The monoisotopic (exact) mass is 293 g/mol. The second-order valence-electron chi connectivity index (χ2n) is 5.62. The van der Waals surface area contributed by atoms with Crippen molar-refractivity contribution in [2.45, 2.75) is 43.0 Å². The number of piperidine rings is 1. The average Bonchev–Trinajstić information content (AvgIpc) is 2.47. The first-order valence-corrected chi connectivity index (χ1v) is 8.40. The van der Waals surface area contributed by atoms with Gasteiger partial charge in [0, 0.05) is 4.90 Å². The fourth-order valence-corrected chi connectivity index (χ4v) is 3.44. The lowest BCUT2D eigenvalue weighted by molar-refractivity contribution is -0.140. The molecule has 1 N–H and O–H groups in total. The van der Waals surface area contributed by atoms with Gasteiger partial charge in [-0.25, -0.2) is 0 Å². The lowest BCUT2D eigenvalue weighted by Gasteiger charge is -2.43. The number of thioether (sulfide) groups is 1. The largest absolute Gasteiger partial charge is 0.481 e. The highest BCUT2D eigenvalue weighted by Gasteiger charge is 2.36. The normalized spacial score (nSPS) is 19.5.